The molecule has 3 fully saturated rings. The molecule has 1 saturated heterocycles. The van der Waals surface area contributed by atoms with Gasteiger partial charge in [-0.15, -0.1) is 6.58 Å². The quantitative estimate of drug-likeness (QED) is 0.305. The number of rotatable bonds is 6. The zero-order valence-electron chi connectivity index (χ0n) is 23.7. The Bertz CT molecular complexity index is 994. The minimum Gasteiger partial charge on any atom is -0.465 e. The van der Waals surface area contributed by atoms with Crippen LogP contribution in [0.4, 0.5) is 0 Å². The molecular formula is C28H42O10. The first-order chi connectivity index (χ1) is 17.4. The van der Waals surface area contributed by atoms with Gasteiger partial charge in [0.05, 0.1) is 18.3 Å². The van der Waals surface area contributed by atoms with Crippen molar-refractivity contribution in [2.45, 2.75) is 110 Å². The first-order valence-electron chi connectivity index (χ1n) is 13.1. The number of aliphatic hydroxyl groups excluding tert-OH is 1. The molecule has 0 bridgehead atoms. The Balaban J connectivity index is 2.33. The van der Waals surface area contributed by atoms with E-state index in [1.54, 1.807) is 19.9 Å². The van der Waals surface area contributed by atoms with Crippen molar-refractivity contribution in [3.05, 3.63) is 12.7 Å². The normalized spacial score (nSPS) is 44.0. The summed E-state index contributed by atoms with van der Waals surface area (Å²) in [6, 6.07) is 0. The van der Waals surface area contributed by atoms with Crippen molar-refractivity contribution in [3.63, 3.8) is 0 Å². The number of esters is 4. The molecule has 10 nitrogen and oxygen atoms in total. The molecule has 38 heavy (non-hydrogen) atoms. The van der Waals surface area contributed by atoms with Gasteiger partial charge in [-0.05, 0) is 26.7 Å². The summed E-state index contributed by atoms with van der Waals surface area (Å²) in [4.78, 5) is 48.8. The fourth-order valence-corrected chi connectivity index (χ4v) is 7.94. The summed E-state index contributed by atoms with van der Waals surface area (Å²) in [6.45, 7) is 16.4. The van der Waals surface area contributed by atoms with Gasteiger partial charge in [0.1, 0.15) is 17.8 Å². The zero-order valence-corrected chi connectivity index (χ0v) is 23.7. The fourth-order valence-electron chi connectivity index (χ4n) is 7.94. The first kappa shape index (κ1) is 30.1. The van der Waals surface area contributed by atoms with Crippen molar-refractivity contribution in [1.29, 1.82) is 0 Å². The van der Waals surface area contributed by atoms with Crippen molar-refractivity contribution in [2.24, 2.45) is 22.7 Å². The Hall–Kier alpha value is -2.46. The minimum absolute atomic E-state index is 0.00781. The maximum Gasteiger partial charge on any atom is 0.303 e. The highest BCUT2D eigenvalue weighted by Gasteiger charge is 2.75. The van der Waals surface area contributed by atoms with Crippen LogP contribution in [-0.4, -0.2) is 71.2 Å². The second kappa shape index (κ2) is 10.3. The summed E-state index contributed by atoms with van der Waals surface area (Å²) >= 11 is 0. The van der Waals surface area contributed by atoms with E-state index in [1.807, 2.05) is 13.8 Å². The van der Waals surface area contributed by atoms with E-state index in [0.29, 0.717) is 12.8 Å². The van der Waals surface area contributed by atoms with Gasteiger partial charge < -0.3 is 28.8 Å². The molecule has 10 atom stereocenters. The number of hydrogen-bond donors (Lipinski definition) is 1. The van der Waals surface area contributed by atoms with E-state index in [2.05, 4.69) is 6.58 Å². The maximum atomic E-state index is 12.4. The monoisotopic (exact) mass is 538 g/mol. The smallest absolute Gasteiger partial charge is 0.303 e. The third kappa shape index (κ3) is 5.09. The molecule has 2 aliphatic carbocycles. The first-order valence-corrected chi connectivity index (χ1v) is 13.1. The van der Waals surface area contributed by atoms with E-state index in [-0.39, 0.29) is 13.0 Å². The summed E-state index contributed by atoms with van der Waals surface area (Å²) in [7, 11) is 0. The molecule has 0 aromatic carbocycles. The molecule has 1 aliphatic heterocycles. The fraction of sp³-hybridized carbons (Fsp3) is 0.786. The molecule has 0 radical (unpaired) electrons. The Kier molecular flexibility index (Phi) is 8.12. The van der Waals surface area contributed by atoms with Crippen LogP contribution in [-0.2, 0) is 42.9 Å². The standard InChI is InChI=1S/C28H42O10/c1-10-26(7)13-19(35-16(3)30)22-27(8)20(36-17(4)31)11-12-25(6,14-34-15(2)29)23(27)21(33)24(37-18(5)32)28(22,9)38-26/h10,19-24,33H,1,11-14H2,2-9H3/t19-,20-,21+,22-,23+,24+,25-,26+,27-,28+/m1/s1. The second-order valence-electron chi connectivity index (χ2n) is 12.1. The van der Waals surface area contributed by atoms with Gasteiger partial charge in [0.2, 0.25) is 0 Å². The lowest BCUT2D eigenvalue weighted by Gasteiger charge is -2.70. The molecule has 0 aromatic heterocycles. The van der Waals surface area contributed by atoms with Gasteiger partial charge in [0.25, 0.3) is 0 Å². The third-order valence-corrected chi connectivity index (χ3v) is 8.98. The van der Waals surface area contributed by atoms with Crippen molar-refractivity contribution in [2.75, 3.05) is 6.61 Å². The molecule has 3 rings (SSSR count). The number of ether oxygens (including phenoxy) is 5. The third-order valence-electron chi connectivity index (χ3n) is 8.98. The van der Waals surface area contributed by atoms with Crippen LogP contribution in [0, 0.1) is 22.7 Å². The number of aliphatic hydroxyl groups is 1. The van der Waals surface area contributed by atoms with Crippen molar-refractivity contribution in [1.82, 2.24) is 0 Å². The predicted molar refractivity (Wildman–Crippen MR) is 134 cm³/mol. The van der Waals surface area contributed by atoms with Gasteiger partial charge in [-0.1, -0.05) is 19.9 Å². The van der Waals surface area contributed by atoms with Crippen LogP contribution in [0.2, 0.25) is 0 Å². The SMILES string of the molecule is C=C[C@@]1(C)C[C@@H](OC(C)=O)[C@H]2[C@](C)(O1)[C@@H](OC(C)=O)[C@@H](O)[C@H]1[C@@](C)(COC(C)=O)CC[C@@H](OC(C)=O)[C@@]12C. The molecular weight excluding hydrogens is 496 g/mol. The van der Waals surface area contributed by atoms with Crippen molar-refractivity contribution >= 4 is 23.9 Å². The molecule has 0 amide bonds. The van der Waals surface area contributed by atoms with Crippen LogP contribution in [0.15, 0.2) is 12.7 Å². The summed E-state index contributed by atoms with van der Waals surface area (Å²) < 4.78 is 29.8. The van der Waals surface area contributed by atoms with Gasteiger partial charge in [-0.3, -0.25) is 19.2 Å². The summed E-state index contributed by atoms with van der Waals surface area (Å²) in [5.41, 5.74) is -4.21. The number of carbonyl (C=O) groups excluding carboxylic acids is 4. The van der Waals surface area contributed by atoms with Gasteiger partial charge in [0.15, 0.2) is 6.10 Å². The van der Waals surface area contributed by atoms with Gasteiger partial charge in [-0.2, -0.15) is 0 Å². The van der Waals surface area contributed by atoms with Crippen LogP contribution in [0.25, 0.3) is 0 Å². The van der Waals surface area contributed by atoms with Crippen LogP contribution in [0.1, 0.15) is 74.7 Å². The maximum absolute atomic E-state index is 12.4. The van der Waals surface area contributed by atoms with E-state index < -0.39 is 82.2 Å². The molecule has 0 unspecified atom stereocenters. The molecule has 3 aliphatic rings. The molecule has 10 heteroatoms. The van der Waals surface area contributed by atoms with E-state index in [4.69, 9.17) is 23.7 Å². The topological polar surface area (TPSA) is 135 Å². The highest BCUT2D eigenvalue weighted by atomic mass is 16.6. The highest BCUT2D eigenvalue weighted by molar-refractivity contribution is 5.68. The molecule has 2 saturated carbocycles. The van der Waals surface area contributed by atoms with E-state index in [0.717, 1.165) is 0 Å². The van der Waals surface area contributed by atoms with E-state index >= 15 is 0 Å². The molecule has 1 heterocycles. The average molecular weight is 539 g/mol. The Labute approximate surface area is 224 Å². The van der Waals surface area contributed by atoms with E-state index in [1.165, 1.54) is 27.7 Å². The summed E-state index contributed by atoms with van der Waals surface area (Å²) in [5.74, 6) is -3.49. The minimum atomic E-state index is -1.38. The van der Waals surface area contributed by atoms with Crippen LogP contribution in [0.3, 0.4) is 0 Å². The summed E-state index contributed by atoms with van der Waals surface area (Å²) in [5, 5.41) is 12.1. The zero-order chi connectivity index (χ0) is 28.8. The average Bonchev–Trinajstić information content (AvgIpc) is 2.76. The van der Waals surface area contributed by atoms with Gasteiger partial charge >= 0.3 is 23.9 Å². The number of carbonyl (C=O) groups is 4. The van der Waals surface area contributed by atoms with Crippen LogP contribution < -0.4 is 0 Å². The van der Waals surface area contributed by atoms with E-state index in [9.17, 15) is 24.3 Å². The number of hydrogen-bond acceptors (Lipinski definition) is 10. The Morgan fingerprint density at radius 1 is 0.921 bits per heavy atom. The van der Waals surface area contributed by atoms with Crippen LogP contribution >= 0.6 is 0 Å². The lowest BCUT2D eigenvalue weighted by atomic mass is 9.41. The molecule has 0 spiro atoms. The van der Waals surface area contributed by atoms with Gasteiger partial charge in [0, 0.05) is 56.8 Å². The Morgan fingerprint density at radius 3 is 2.00 bits per heavy atom. The van der Waals surface area contributed by atoms with Crippen molar-refractivity contribution in [3.8, 4) is 0 Å². The lowest BCUT2D eigenvalue weighted by Crippen LogP contribution is -2.79. The predicted octanol–water partition coefficient (Wildman–Crippen LogP) is 2.88. The van der Waals surface area contributed by atoms with Crippen molar-refractivity contribution < 1.29 is 48.0 Å². The largest absolute Gasteiger partial charge is 0.465 e. The summed E-state index contributed by atoms with van der Waals surface area (Å²) in [6.07, 6.45) is -1.21. The van der Waals surface area contributed by atoms with Gasteiger partial charge in [-0.25, -0.2) is 0 Å². The molecule has 0 aromatic rings. The molecule has 214 valence electrons. The second-order valence-corrected chi connectivity index (χ2v) is 12.1. The number of fused-ring (bicyclic) bond motifs is 3. The lowest BCUT2D eigenvalue weighted by molar-refractivity contribution is -0.356. The molecule has 1 N–H and O–H groups in total. The van der Waals surface area contributed by atoms with Crippen LogP contribution in [0.5, 0.6) is 0 Å². The Morgan fingerprint density at radius 2 is 1.50 bits per heavy atom. The highest BCUT2D eigenvalue weighted by Crippen LogP contribution is 2.67.